The number of hydrogen-bond acceptors (Lipinski definition) is 4. The quantitative estimate of drug-likeness (QED) is 0.622. The van der Waals surface area contributed by atoms with E-state index >= 15 is 0 Å². The minimum absolute atomic E-state index is 0.165. The van der Waals surface area contributed by atoms with Gasteiger partial charge in [0.15, 0.2) is 0 Å². The average molecular weight is 335 g/mol. The number of imide groups is 1. The highest BCUT2D eigenvalue weighted by Crippen LogP contribution is 2.22. The highest BCUT2D eigenvalue weighted by molar-refractivity contribution is 6.19. The summed E-state index contributed by atoms with van der Waals surface area (Å²) in [4.78, 5) is 36.6. The van der Waals surface area contributed by atoms with Crippen molar-refractivity contribution in [2.24, 2.45) is 0 Å². The largest absolute Gasteiger partial charge is 0.458 e. The van der Waals surface area contributed by atoms with E-state index in [-0.39, 0.29) is 31.3 Å². The smallest absolute Gasteiger partial charge is 0.338 e. The monoisotopic (exact) mass is 335 g/mol. The van der Waals surface area contributed by atoms with E-state index < -0.39 is 5.97 Å². The number of carbonyl (C=O) groups is 3. The lowest BCUT2D eigenvalue weighted by Crippen LogP contribution is -2.28. The molecule has 1 aliphatic heterocycles. The fraction of sp³-hybridized carbons (Fsp3) is 0.150. The number of anilines is 1. The lowest BCUT2D eigenvalue weighted by atomic mass is 10.2. The van der Waals surface area contributed by atoms with E-state index in [0.29, 0.717) is 11.3 Å². The molecule has 5 nitrogen and oxygen atoms in total. The number of ether oxygens (including phenoxy) is 1. The Kier molecular flexibility index (Phi) is 5.04. The van der Waals surface area contributed by atoms with Crippen molar-refractivity contribution in [3.05, 3.63) is 71.8 Å². The fourth-order valence-corrected chi connectivity index (χ4v) is 2.57. The van der Waals surface area contributed by atoms with Crippen molar-refractivity contribution >= 4 is 29.5 Å². The number of amides is 2. The van der Waals surface area contributed by atoms with Crippen molar-refractivity contribution in [3.8, 4) is 0 Å². The number of carbonyl (C=O) groups excluding carboxylic acids is 3. The van der Waals surface area contributed by atoms with Crippen LogP contribution in [-0.2, 0) is 14.3 Å². The van der Waals surface area contributed by atoms with Crippen LogP contribution in [0.4, 0.5) is 5.69 Å². The maximum absolute atomic E-state index is 12.0. The molecule has 1 fully saturated rings. The van der Waals surface area contributed by atoms with E-state index in [1.165, 1.54) is 0 Å². The van der Waals surface area contributed by atoms with Gasteiger partial charge in [0.05, 0.1) is 11.3 Å². The van der Waals surface area contributed by atoms with Crippen molar-refractivity contribution in [1.82, 2.24) is 0 Å². The molecule has 0 bridgehead atoms. The number of benzene rings is 2. The van der Waals surface area contributed by atoms with Gasteiger partial charge in [-0.05, 0) is 35.9 Å². The molecule has 126 valence electrons. The lowest BCUT2D eigenvalue weighted by molar-refractivity contribution is -0.121. The van der Waals surface area contributed by atoms with Crippen molar-refractivity contribution < 1.29 is 19.1 Å². The molecule has 0 aliphatic carbocycles. The summed E-state index contributed by atoms with van der Waals surface area (Å²) in [7, 11) is 0. The molecule has 2 aromatic carbocycles. The van der Waals surface area contributed by atoms with Gasteiger partial charge in [-0.1, -0.05) is 36.4 Å². The van der Waals surface area contributed by atoms with Gasteiger partial charge in [-0.2, -0.15) is 0 Å². The third kappa shape index (κ3) is 4.01. The first-order valence-electron chi connectivity index (χ1n) is 8.00. The molecule has 0 N–H and O–H groups in total. The Bertz CT molecular complexity index is 793. The zero-order valence-electron chi connectivity index (χ0n) is 13.6. The maximum Gasteiger partial charge on any atom is 0.338 e. The Hall–Kier alpha value is -3.21. The van der Waals surface area contributed by atoms with Crippen LogP contribution in [-0.4, -0.2) is 24.4 Å². The number of esters is 1. The number of rotatable bonds is 5. The van der Waals surface area contributed by atoms with Gasteiger partial charge in [0.25, 0.3) is 0 Å². The molecule has 0 spiro atoms. The van der Waals surface area contributed by atoms with Gasteiger partial charge in [-0.3, -0.25) is 14.5 Å². The highest BCUT2D eigenvalue weighted by Gasteiger charge is 2.30. The zero-order valence-corrected chi connectivity index (χ0v) is 13.6. The van der Waals surface area contributed by atoms with Crippen LogP contribution < -0.4 is 4.90 Å². The zero-order chi connectivity index (χ0) is 17.6. The molecule has 25 heavy (non-hydrogen) atoms. The SMILES string of the molecule is O=C(OC/C=C/c1ccccc1)c1ccc(N2C(=O)CCC2=O)cc1. The Morgan fingerprint density at radius 2 is 1.60 bits per heavy atom. The topological polar surface area (TPSA) is 63.7 Å². The van der Waals surface area contributed by atoms with Crippen LogP contribution in [0.25, 0.3) is 6.08 Å². The first kappa shape index (κ1) is 16.6. The van der Waals surface area contributed by atoms with Gasteiger partial charge in [-0.15, -0.1) is 0 Å². The summed E-state index contributed by atoms with van der Waals surface area (Å²) >= 11 is 0. The van der Waals surface area contributed by atoms with Crippen molar-refractivity contribution in [2.75, 3.05) is 11.5 Å². The highest BCUT2D eigenvalue weighted by atomic mass is 16.5. The van der Waals surface area contributed by atoms with Crippen LogP contribution in [0, 0.1) is 0 Å². The molecular formula is C20H17NO4. The Morgan fingerprint density at radius 1 is 0.960 bits per heavy atom. The van der Waals surface area contributed by atoms with Crippen molar-refractivity contribution in [1.29, 1.82) is 0 Å². The Balaban J connectivity index is 1.57. The first-order valence-corrected chi connectivity index (χ1v) is 8.00. The second-order valence-electron chi connectivity index (χ2n) is 5.58. The summed E-state index contributed by atoms with van der Waals surface area (Å²) in [5.74, 6) is -0.888. The summed E-state index contributed by atoms with van der Waals surface area (Å²) in [6.45, 7) is 0.165. The molecule has 2 amide bonds. The maximum atomic E-state index is 12.0. The van der Waals surface area contributed by atoms with Crippen LogP contribution in [0.5, 0.6) is 0 Å². The molecule has 0 unspecified atom stereocenters. The van der Waals surface area contributed by atoms with Crippen molar-refractivity contribution in [2.45, 2.75) is 12.8 Å². The summed E-state index contributed by atoms with van der Waals surface area (Å²) in [6.07, 6.45) is 4.11. The second-order valence-corrected chi connectivity index (χ2v) is 5.58. The molecule has 0 aromatic heterocycles. The standard InChI is InChI=1S/C20H17NO4/c22-18-12-13-19(23)21(18)17-10-8-16(9-11-17)20(24)25-14-4-7-15-5-2-1-3-6-15/h1-11H,12-14H2/b7-4+. The molecule has 2 aromatic rings. The Morgan fingerprint density at radius 3 is 2.24 bits per heavy atom. The van der Waals surface area contributed by atoms with Crippen LogP contribution in [0.3, 0.4) is 0 Å². The Labute approximate surface area is 145 Å². The number of nitrogens with zero attached hydrogens (tertiary/aromatic N) is 1. The predicted octanol–water partition coefficient (Wildman–Crippen LogP) is 3.21. The van der Waals surface area contributed by atoms with Gasteiger partial charge < -0.3 is 4.74 Å². The van der Waals surface area contributed by atoms with Crippen LogP contribution in [0.15, 0.2) is 60.7 Å². The van der Waals surface area contributed by atoms with E-state index in [2.05, 4.69) is 0 Å². The van der Waals surface area contributed by atoms with Gasteiger partial charge in [-0.25, -0.2) is 4.79 Å². The van der Waals surface area contributed by atoms with Crippen LogP contribution in [0.1, 0.15) is 28.8 Å². The van der Waals surface area contributed by atoms with Crippen LogP contribution >= 0.6 is 0 Å². The predicted molar refractivity (Wildman–Crippen MR) is 93.9 cm³/mol. The minimum atomic E-state index is -0.455. The van der Waals surface area contributed by atoms with E-state index in [0.717, 1.165) is 10.5 Å². The average Bonchev–Trinajstić information content (AvgIpc) is 2.98. The van der Waals surface area contributed by atoms with E-state index in [1.54, 1.807) is 30.3 Å². The fourth-order valence-electron chi connectivity index (χ4n) is 2.57. The van der Waals surface area contributed by atoms with E-state index in [4.69, 9.17) is 4.74 Å². The van der Waals surface area contributed by atoms with E-state index in [1.807, 2.05) is 36.4 Å². The first-order chi connectivity index (χ1) is 12.1. The molecule has 1 aliphatic rings. The summed E-state index contributed by atoms with van der Waals surface area (Å²) in [6, 6.07) is 16.0. The summed E-state index contributed by atoms with van der Waals surface area (Å²) in [5.41, 5.74) is 1.88. The molecule has 3 rings (SSSR count). The summed E-state index contributed by atoms with van der Waals surface area (Å²) < 4.78 is 5.18. The van der Waals surface area contributed by atoms with Crippen molar-refractivity contribution in [3.63, 3.8) is 0 Å². The lowest BCUT2D eigenvalue weighted by Gasteiger charge is -2.13. The van der Waals surface area contributed by atoms with E-state index in [9.17, 15) is 14.4 Å². The molecule has 0 radical (unpaired) electrons. The molecular weight excluding hydrogens is 318 g/mol. The normalized spacial score (nSPS) is 14.3. The van der Waals surface area contributed by atoms with Gasteiger partial charge >= 0.3 is 5.97 Å². The third-order valence-electron chi connectivity index (χ3n) is 3.83. The molecule has 5 heteroatoms. The molecule has 0 saturated carbocycles. The van der Waals surface area contributed by atoms with Crippen LogP contribution in [0.2, 0.25) is 0 Å². The third-order valence-corrected chi connectivity index (χ3v) is 3.83. The number of hydrogen-bond donors (Lipinski definition) is 0. The second kappa shape index (κ2) is 7.57. The van der Waals surface area contributed by atoms with Gasteiger partial charge in [0.1, 0.15) is 6.61 Å². The van der Waals surface area contributed by atoms with Gasteiger partial charge in [0.2, 0.25) is 11.8 Å². The molecule has 1 saturated heterocycles. The minimum Gasteiger partial charge on any atom is -0.458 e. The summed E-state index contributed by atoms with van der Waals surface area (Å²) in [5, 5.41) is 0. The molecule has 1 heterocycles. The van der Waals surface area contributed by atoms with Gasteiger partial charge in [0, 0.05) is 12.8 Å². The molecule has 0 atom stereocenters.